The molecule has 2 saturated heterocycles. The minimum atomic E-state index is 0.0824. The van der Waals surface area contributed by atoms with Gasteiger partial charge in [-0.2, -0.15) is 0 Å². The standard InChI is InChI=1S/C23H34N2O2/c1-4-17(3)18-11-19-9-10-20(12-18)24(19)13-16(2)14-25-21-7-5-6-8-22(21)27-15-23(25)26/h5-8,16-20H,4,9-15H2,1-3H3. The van der Waals surface area contributed by atoms with Gasteiger partial charge in [-0.15, -0.1) is 0 Å². The number of anilines is 1. The molecule has 0 radical (unpaired) electrons. The number of hydrogen-bond donors (Lipinski definition) is 0. The minimum Gasteiger partial charge on any atom is -0.482 e. The molecule has 3 aliphatic rings. The van der Waals surface area contributed by atoms with Crippen LogP contribution in [0.2, 0.25) is 0 Å². The van der Waals surface area contributed by atoms with Crippen molar-refractivity contribution in [1.82, 2.24) is 4.90 Å². The Bertz CT molecular complexity index is 662. The molecule has 0 spiro atoms. The third-order valence-corrected chi connectivity index (χ3v) is 7.19. The summed E-state index contributed by atoms with van der Waals surface area (Å²) >= 11 is 0. The van der Waals surface area contributed by atoms with Crippen LogP contribution in [0.1, 0.15) is 52.9 Å². The Morgan fingerprint density at radius 3 is 2.52 bits per heavy atom. The van der Waals surface area contributed by atoms with Crippen molar-refractivity contribution in [1.29, 1.82) is 0 Å². The molecule has 27 heavy (non-hydrogen) atoms. The van der Waals surface area contributed by atoms with E-state index >= 15 is 0 Å². The highest BCUT2D eigenvalue weighted by Crippen LogP contribution is 2.42. The lowest BCUT2D eigenvalue weighted by Crippen LogP contribution is -2.48. The molecule has 1 amide bonds. The zero-order valence-electron chi connectivity index (χ0n) is 17.1. The molecule has 4 heteroatoms. The number of fused-ring (bicyclic) bond motifs is 3. The third kappa shape index (κ3) is 3.73. The van der Waals surface area contributed by atoms with Crippen molar-refractivity contribution < 1.29 is 9.53 Å². The van der Waals surface area contributed by atoms with Crippen LogP contribution in [-0.4, -0.2) is 42.6 Å². The Morgan fingerprint density at radius 2 is 1.81 bits per heavy atom. The molecule has 1 aromatic rings. The van der Waals surface area contributed by atoms with Crippen LogP contribution in [0.15, 0.2) is 24.3 Å². The second kappa shape index (κ2) is 7.83. The van der Waals surface area contributed by atoms with Crippen molar-refractivity contribution in [2.24, 2.45) is 17.8 Å². The lowest BCUT2D eigenvalue weighted by Gasteiger charge is -2.42. The Hall–Kier alpha value is -1.55. The molecule has 0 aliphatic carbocycles. The maximum absolute atomic E-state index is 12.5. The van der Waals surface area contributed by atoms with Gasteiger partial charge in [-0.1, -0.05) is 39.3 Å². The van der Waals surface area contributed by atoms with Gasteiger partial charge in [0.15, 0.2) is 6.61 Å². The average molecular weight is 371 g/mol. The second-order valence-corrected chi connectivity index (χ2v) is 9.06. The van der Waals surface area contributed by atoms with Crippen LogP contribution in [0.4, 0.5) is 5.69 Å². The summed E-state index contributed by atoms with van der Waals surface area (Å²) in [5.41, 5.74) is 0.930. The van der Waals surface area contributed by atoms with Crippen LogP contribution >= 0.6 is 0 Å². The Labute approximate surface area is 163 Å². The third-order valence-electron chi connectivity index (χ3n) is 7.19. The van der Waals surface area contributed by atoms with Crippen LogP contribution in [0.5, 0.6) is 5.75 Å². The van der Waals surface area contributed by atoms with Crippen molar-refractivity contribution in [3.8, 4) is 5.75 Å². The van der Waals surface area contributed by atoms with E-state index in [1.165, 1.54) is 32.1 Å². The number of ether oxygens (including phenoxy) is 1. The molecule has 4 unspecified atom stereocenters. The van der Waals surface area contributed by atoms with E-state index in [1.54, 1.807) is 0 Å². The van der Waals surface area contributed by atoms with Crippen molar-refractivity contribution in [2.45, 2.75) is 65.0 Å². The largest absolute Gasteiger partial charge is 0.482 e. The first-order chi connectivity index (χ1) is 13.1. The van der Waals surface area contributed by atoms with Gasteiger partial charge < -0.3 is 9.64 Å². The first-order valence-corrected chi connectivity index (χ1v) is 10.8. The highest BCUT2D eigenvalue weighted by atomic mass is 16.5. The molecular weight excluding hydrogens is 336 g/mol. The molecular formula is C23H34N2O2. The lowest BCUT2D eigenvalue weighted by atomic mass is 9.80. The molecule has 4 nitrogen and oxygen atoms in total. The predicted octanol–water partition coefficient (Wildman–Crippen LogP) is 4.34. The highest BCUT2D eigenvalue weighted by molar-refractivity contribution is 5.97. The normalized spacial score (nSPS) is 30.0. The molecule has 3 heterocycles. The van der Waals surface area contributed by atoms with E-state index in [-0.39, 0.29) is 12.5 Å². The zero-order valence-corrected chi connectivity index (χ0v) is 17.1. The summed E-state index contributed by atoms with van der Waals surface area (Å²) in [6, 6.07) is 9.43. The van der Waals surface area contributed by atoms with Crippen LogP contribution in [0.3, 0.4) is 0 Å². The first kappa shape index (κ1) is 18.8. The topological polar surface area (TPSA) is 32.8 Å². The zero-order chi connectivity index (χ0) is 19.0. The van der Waals surface area contributed by atoms with Crippen LogP contribution in [-0.2, 0) is 4.79 Å². The minimum absolute atomic E-state index is 0.0824. The van der Waals surface area contributed by atoms with Crippen molar-refractivity contribution >= 4 is 11.6 Å². The van der Waals surface area contributed by atoms with Crippen molar-refractivity contribution in [3.63, 3.8) is 0 Å². The average Bonchev–Trinajstić information content (AvgIpc) is 2.90. The summed E-state index contributed by atoms with van der Waals surface area (Å²) in [6.07, 6.45) is 6.78. The summed E-state index contributed by atoms with van der Waals surface area (Å²) in [5.74, 6) is 3.14. The summed E-state index contributed by atoms with van der Waals surface area (Å²) in [6.45, 7) is 9.11. The number of carbonyl (C=O) groups is 1. The van der Waals surface area contributed by atoms with E-state index in [0.717, 1.165) is 48.4 Å². The fraction of sp³-hybridized carbons (Fsp3) is 0.696. The molecule has 2 fully saturated rings. The predicted molar refractivity (Wildman–Crippen MR) is 109 cm³/mol. The summed E-state index contributed by atoms with van der Waals surface area (Å²) in [4.78, 5) is 17.2. The molecule has 2 bridgehead atoms. The van der Waals surface area contributed by atoms with Gasteiger partial charge in [-0.3, -0.25) is 9.69 Å². The number of para-hydroxylation sites is 2. The highest BCUT2D eigenvalue weighted by Gasteiger charge is 2.42. The second-order valence-electron chi connectivity index (χ2n) is 9.06. The first-order valence-electron chi connectivity index (χ1n) is 10.8. The fourth-order valence-corrected chi connectivity index (χ4v) is 5.50. The smallest absolute Gasteiger partial charge is 0.265 e. The molecule has 0 N–H and O–H groups in total. The van der Waals surface area contributed by atoms with Crippen LogP contribution in [0, 0.1) is 17.8 Å². The van der Waals surface area contributed by atoms with Crippen LogP contribution < -0.4 is 9.64 Å². The molecule has 148 valence electrons. The lowest BCUT2D eigenvalue weighted by molar-refractivity contribution is -0.121. The Morgan fingerprint density at radius 1 is 1.11 bits per heavy atom. The summed E-state index contributed by atoms with van der Waals surface area (Å²) < 4.78 is 5.58. The monoisotopic (exact) mass is 370 g/mol. The van der Waals surface area contributed by atoms with Gasteiger partial charge in [0, 0.05) is 25.2 Å². The number of rotatable bonds is 6. The van der Waals surface area contributed by atoms with E-state index in [2.05, 4.69) is 25.7 Å². The van der Waals surface area contributed by atoms with Gasteiger partial charge in [-0.25, -0.2) is 0 Å². The van der Waals surface area contributed by atoms with E-state index in [9.17, 15) is 4.79 Å². The summed E-state index contributed by atoms with van der Waals surface area (Å²) in [7, 11) is 0. The van der Waals surface area contributed by atoms with Gasteiger partial charge >= 0.3 is 0 Å². The number of hydrogen-bond acceptors (Lipinski definition) is 3. The molecule has 0 aromatic heterocycles. The van der Waals surface area contributed by atoms with Crippen LogP contribution in [0.25, 0.3) is 0 Å². The van der Waals surface area contributed by atoms with E-state index in [1.807, 2.05) is 29.2 Å². The molecule has 0 saturated carbocycles. The quantitative estimate of drug-likeness (QED) is 0.747. The van der Waals surface area contributed by atoms with Gasteiger partial charge in [0.05, 0.1) is 5.69 Å². The Kier molecular flexibility index (Phi) is 5.45. The number of benzene rings is 1. The number of nitrogens with zero attached hydrogens (tertiary/aromatic N) is 2. The fourth-order valence-electron chi connectivity index (χ4n) is 5.50. The van der Waals surface area contributed by atoms with Gasteiger partial charge in [0.25, 0.3) is 5.91 Å². The molecule has 3 aliphatic heterocycles. The van der Waals surface area contributed by atoms with Crippen molar-refractivity contribution in [2.75, 3.05) is 24.6 Å². The summed E-state index contributed by atoms with van der Waals surface area (Å²) in [5, 5.41) is 0. The van der Waals surface area contributed by atoms with Gasteiger partial charge in [-0.05, 0) is 55.6 Å². The number of piperidine rings is 1. The maximum atomic E-state index is 12.5. The maximum Gasteiger partial charge on any atom is 0.265 e. The Balaban J connectivity index is 1.39. The number of amides is 1. The van der Waals surface area contributed by atoms with E-state index < -0.39 is 0 Å². The molecule has 1 aromatic carbocycles. The van der Waals surface area contributed by atoms with Crippen molar-refractivity contribution in [3.05, 3.63) is 24.3 Å². The number of carbonyl (C=O) groups excluding carboxylic acids is 1. The molecule has 4 atom stereocenters. The van der Waals surface area contributed by atoms with Gasteiger partial charge in [0.1, 0.15) is 5.75 Å². The molecule has 4 rings (SSSR count). The van der Waals surface area contributed by atoms with E-state index in [0.29, 0.717) is 5.92 Å². The SMILES string of the molecule is CCC(C)C1CC2CCC(C1)N2CC(C)CN1C(=O)COc2ccccc21. The van der Waals surface area contributed by atoms with E-state index in [4.69, 9.17) is 4.74 Å². The van der Waals surface area contributed by atoms with Gasteiger partial charge in [0.2, 0.25) is 0 Å².